The maximum atomic E-state index is 8.85. The molecule has 2 rings (SSSR count). The molecule has 108 valence electrons. The molecule has 0 saturated carbocycles. The summed E-state index contributed by atoms with van der Waals surface area (Å²) >= 11 is 1.77. The predicted molar refractivity (Wildman–Crippen MR) is 87.7 cm³/mol. The van der Waals surface area contributed by atoms with Crippen LogP contribution < -0.4 is 4.74 Å². The molecule has 0 aliphatic rings. The van der Waals surface area contributed by atoms with Gasteiger partial charge in [-0.15, -0.1) is 11.8 Å². The molecule has 3 heteroatoms. The summed E-state index contributed by atoms with van der Waals surface area (Å²) in [4.78, 5) is 1.24. The van der Waals surface area contributed by atoms with E-state index in [0.29, 0.717) is 0 Å². The fourth-order valence-corrected chi connectivity index (χ4v) is 2.94. The van der Waals surface area contributed by atoms with Crippen LogP contribution in [0.25, 0.3) is 0 Å². The number of thioether (sulfide) groups is 1. The van der Waals surface area contributed by atoms with Crippen LogP contribution in [0.3, 0.4) is 0 Å². The average Bonchev–Trinajstić information content (AvgIpc) is 2.51. The van der Waals surface area contributed by atoms with Crippen LogP contribution in [0.15, 0.2) is 47.4 Å². The number of ether oxygens (including phenoxy) is 1. The Morgan fingerprint density at radius 3 is 2.76 bits per heavy atom. The summed E-state index contributed by atoms with van der Waals surface area (Å²) in [5, 5.41) is 8.85. The summed E-state index contributed by atoms with van der Waals surface area (Å²) in [7, 11) is 1.66. The van der Waals surface area contributed by atoms with Crippen LogP contribution in [0, 0.1) is 18.8 Å². The van der Waals surface area contributed by atoms with E-state index < -0.39 is 0 Å². The highest BCUT2D eigenvalue weighted by Crippen LogP contribution is 2.27. The number of benzene rings is 2. The number of methoxy groups -OCH3 is 1. The first kappa shape index (κ1) is 15.5. The van der Waals surface area contributed by atoms with Crippen molar-refractivity contribution < 1.29 is 9.84 Å². The highest BCUT2D eigenvalue weighted by Gasteiger charge is 2.04. The van der Waals surface area contributed by atoms with Gasteiger partial charge in [-0.05, 0) is 42.8 Å². The van der Waals surface area contributed by atoms with Crippen molar-refractivity contribution in [3.63, 3.8) is 0 Å². The first-order valence-electron chi connectivity index (χ1n) is 6.69. The largest absolute Gasteiger partial charge is 0.497 e. The second kappa shape index (κ2) is 7.78. The Kier molecular flexibility index (Phi) is 5.74. The second-order valence-corrected chi connectivity index (χ2v) is 5.64. The molecule has 0 atom stereocenters. The van der Waals surface area contributed by atoms with E-state index in [-0.39, 0.29) is 6.61 Å². The van der Waals surface area contributed by atoms with Gasteiger partial charge in [-0.3, -0.25) is 0 Å². The molecule has 2 aromatic rings. The molecule has 0 aromatic heterocycles. The van der Waals surface area contributed by atoms with E-state index in [1.54, 1.807) is 18.9 Å². The molecule has 0 fully saturated rings. The molecule has 0 unspecified atom stereocenters. The summed E-state index contributed by atoms with van der Waals surface area (Å²) in [6.07, 6.45) is 0. The van der Waals surface area contributed by atoms with Gasteiger partial charge in [0, 0.05) is 16.2 Å². The van der Waals surface area contributed by atoms with Crippen molar-refractivity contribution >= 4 is 11.8 Å². The molecule has 0 aliphatic carbocycles. The number of aryl methyl sites for hydroxylation is 1. The first-order chi connectivity index (χ1) is 10.2. The highest BCUT2D eigenvalue weighted by molar-refractivity contribution is 7.98. The zero-order valence-electron chi connectivity index (χ0n) is 12.2. The quantitative estimate of drug-likeness (QED) is 0.690. The smallest absolute Gasteiger partial charge is 0.119 e. The van der Waals surface area contributed by atoms with Crippen LogP contribution >= 0.6 is 11.8 Å². The van der Waals surface area contributed by atoms with Gasteiger partial charge in [0.15, 0.2) is 0 Å². The fraction of sp³-hybridized carbons (Fsp3) is 0.222. The van der Waals surface area contributed by atoms with Gasteiger partial charge in [0.1, 0.15) is 12.4 Å². The summed E-state index contributed by atoms with van der Waals surface area (Å²) in [6, 6.07) is 14.3. The third kappa shape index (κ3) is 4.56. The molecule has 2 aromatic carbocycles. The van der Waals surface area contributed by atoms with Crippen LogP contribution in [0.1, 0.15) is 16.7 Å². The van der Waals surface area contributed by atoms with Crippen molar-refractivity contribution in [2.24, 2.45) is 0 Å². The van der Waals surface area contributed by atoms with Crippen LogP contribution in [0.5, 0.6) is 5.75 Å². The predicted octanol–water partition coefficient (Wildman–Crippen LogP) is 3.64. The summed E-state index contributed by atoms with van der Waals surface area (Å²) in [5.74, 6) is 7.34. The van der Waals surface area contributed by atoms with E-state index in [4.69, 9.17) is 9.84 Å². The Morgan fingerprint density at radius 1 is 1.19 bits per heavy atom. The van der Waals surface area contributed by atoms with Crippen molar-refractivity contribution in [2.75, 3.05) is 13.7 Å². The van der Waals surface area contributed by atoms with Gasteiger partial charge in [0.25, 0.3) is 0 Å². The van der Waals surface area contributed by atoms with Gasteiger partial charge in [0.2, 0.25) is 0 Å². The Hall–Kier alpha value is -1.89. The zero-order valence-corrected chi connectivity index (χ0v) is 13.0. The van der Waals surface area contributed by atoms with E-state index in [2.05, 4.69) is 43.0 Å². The number of rotatable bonds is 4. The van der Waals surface area contributed by atoms with Crippen LogP contribution in [-0.4, -0.2) is 18.8 Å². The maximum Gasteiger partial charge on any atom is 0.119 e. The molecule has 0 aliphatic heterocycles. The molecule has 21 heavy (non-hydrogen) atoms. The van der Waals surface area contributed by atoms with Gasteiger partial charge in [0.05, 0.1) is 7.11 Å². The maximum absolute atomic E-state index is 8.85. The zero-order chi connectivity index (χ0) is 15.1. The lowest BCUT2D eigenvalue weighted by atomic mass is 10.1. The third-order valence-corrected chi connectivity index (χ3v) is 4.04. The molecular formula is C18H18O2S. The van der Waals surface area contributed by atoms with E-state index >= 15 is 0 Å². The number of hydrogen-bond acceptors (Lipinski definition) is 3. The summed E-state index contributed by atoms with van der Waals surface area (Å²) < 4.78 is 5.28. The Bertz CT molecular complexity index is 668. The fourth-order valence-electron chi connectivity index (χ4n) is 1.94. The Balaban J connectivity index is 2.20. The molecule has 0 saturated heterocycles. The topological polar surface area (TPSA) is 29.5 Å². The lowest BCUT2D eigenvalue weighted by molar-refractivity contribution is 0.350. The number of aliphatic hydroxyl groups is 1. The third-order valence-electron chi connectivity index (χ3n) is 3.00. The molecular weight excluding hydrogens is 280 g/mol. The molecule has 0 bridgehead atoms. The number of hydrogen-bond donors (Lipinski definition) is 1. The van der Waals surface area contributed by atoms with Crippen LogP contribution in [0.4, 0.5) is 0 Å². The second-order valence-electron chi connectivity index (χ2n) is 4.59. The SMILES string of the molecule is COc1ccc(C#CCO)c(CSc2cccc(C)c2)c1. The summed E-state index contributed by atoms with van der Waals surface area (Å²) in [5.41, 5.74) is 3.30. The van der Waals surface area contributed by atoms with Crippen LogP contribution in [0.2, 0.25) is 0 Å². The minimum atomic E-state index is -0.128. The normalized spacial score (nSPS) is 9.86. The van der Waals surface area contributed by atoms with Gasteiger partial charge in [-0.25, -0.2) is 0 Å². The van der Waals surface area contributed by atoms with E-state index in [0.717, 1.165) is 22.6 Å². The van der Waals surface area contributed by atoms with Crippen molar-refractivity contribution in [2.45, 2.75) is 17.6 Å². The van der Waals surface area contributed by atoms with Gasteiger partial charge >= 0.3 is 0 Å². The van der Waals surface area contributed by atoms with Crippen molar-refractivity contribution in [3.8, 4) is 17.6 Å². The van der Waals surface area contributed by atoms with Crippen molar-refractivity contribution in [1.82, 2.24) is 0 Å². The van der Waals surface area contributed by atoms with E-state index in [9.17, 15) is 0 Å². The lowest BCUT2D eigenvalue weighted by Crippen LogP contribution is -1.91. The van der Waals surface area contributed by atoms with Crippen LogP contribution in [-0.2, 0) is 5.75 Å². The van der Waals surface area contributed by atoms with Gasteiger partial charge in [-0.1, -0.05) is 29.5 Å². The molecule has 0 spiro atoms. The van der Waals surface area contributed by atoms with E-state index in [1.165, 1.54) is 10.5 Å². The van der Waals surface area contributed by atoms with E-state index in [1.807, 2.05) is 18.2 Å². The Morgan fingerprint density at radius 2 is 2.05 bits per heavy atom. The molecule has 0 radical (unpaired) electrons. The number of aliphatic hydroxyl groups excluding tert-OH is 1. The molecule has 0 amide bonds. The monoisotopic (exact) mass is 298 g/mol. The lowest BCUT2D eigenvalue weighted by Gasteiger charge is -2.08. The average molecular weight is 298 g/mol. The highest BCUT2D eigenvalue weighted by atomic mass is 32.2. The van der Waals surface area contributed by atoms with Crippen molar-refractivity contribution in [1.29, 1.82) is 0 Å². The first-order valence-corrected chi connectivity index (χ1v) is 7.67. The minimum absolute atomic E-state index is 0.128. The minimum Gasteiger partial charge on any atom is -0.497 e. The van der Waals surface area contributed by atoms with Crippen molar-refractivity contribution in [3.05, 3.63) is 59.2 Å². The Labute approximate surface area is 130 Å². The standard InChI is InChI=1S/C18H18O2S/c1-14-5-3-7-18(11-14)21-13-16-12-17(20-2)9-8-15(16)6-4-10-19/h3,5,7-9,11-12,19H,10,13H2,1-2H3. The van der Waals surface area contributed by atoms with Gasteiger partial charge in [-0.2, -0.15) is 0 Å². The molecule has 2 nitrogen and oxygen atoms in total. The summed E-state index contributed by atoms with van der Waals surface area (Å²) in [6.45, 7) is 1.96. The van der Waals surface area contributed by atoms with Gasteiger partial charge < -0.3 is 9.84 Å². The molecule has 1 N–H and O–H groups in total. The molecule has 0 heterocycles.